The fourth-order valence-electron chi connectivity index (χ4n) is 3.02. The van der Waals surface area contributed by atoms with Crippen molar-refractivity contribution in [1.29, 1.82) is 0 Å². The van der Waals surface area contributed by atoms with E-state index in [-0.39, 0.29) is 0 Å². The predicted octanol–water partition coefficient (Wildman–Crippen LogP) is 3.09. The number of nitrogens with two attached hydrogens (primary N) is 1. The zero-order valence-corrected chi connectivity index (χ0v) is 12.2. The lowest BCUT2D eigenvalue weighted by Crippen LogP contribution is -2.29. The largest absolute Gasteiger partial charge is 0.327 e. The van der Waals surface area contributed by atoms with Gasteiger partial charge in [0.25, 0.3) is 0 Å². The quantitative estimate of drug-likeness (QED) is 0.893. The highest BCUT2D eigenvalue weighted by Gasteiger charge is 2.22. The molecule has 3 nitrogen and oxygen atoms in total. The van der Waals surface area contributed by atoms with E-state index in [0.29, 0.717) is 6.04 Å². The molecule has 1 unspecified atom stereocenters. The van der Waals surface area contributed by atoms with Crippen LogP contribution in [0.5, 0.6) is 0 Å². The summed E-state index contributed by atoms with van der Waals surface area (Å²) < 4.78 is 1.92. The van der Waals surface area contributed by atoms with Gasteiger partial charge in [-0.2, -0.15) is 5.10 Å². The molecule has 0 aliphatic heterocycles. The van der Waals surface area contributed by atoms with Crippen LogP contribution in [0.2, 0.25) is 5.02 Å². The number of aromatic nitrogens is 2. The molecular weight excluding hydrogens is 246 g/mol. The first-order valence-corrected chi connectivity index (χ1v) is 7.47. The lowest BCUT2D eigenvalue weighted by Gasteiger charge is -2.18. The molecule has 1 aliphatic carbocycles. The second-order valence-corrected chi connectivity index (χ2v) is 5.81. The van der Waals surface area contributed by atoms with Crippen molar-refractivity contribution in [2.24, 2.45) is 18.7 Å². The second kappa shape index (κ2) is 6.07. The lowest BCUT2D eigenvalue weighted by molar-refractivity contribution is 0.407. The number of aryl methyl sites for hydroxylation is 2. The molecular formula is C14H24ClN3. The molecule has 18 heavy (non-hydrogen) atoms. The van der Waals surface area contributed by atoms with Gasteiger partial charge >= 0.3 is 0 Å². The van der Waals surface area contributed by atoms with Gasteiger partial charge in [-0.25, -0.2) is 0 Å². The van der Waals surface area contributed by atoms with E-state index in [9.17, 15) is 0 Å². The SMILES string of the molecule is CCc1nn(C)c(CCC(N)C2CCCC2)c1Cl. The summed E-state index contributed by atoms with van der Waals surface area (Å²) in [7, 11) is 1.97. The number of halogens is 1. The summed E-state index contributed by atoms with van der Waals surface area (Å²) in [5.74, 6) is 0.725. The van der Waals surface area contributed by atoms with Crippen LogP contribution in [-0.2, 0) is 19.9 Å². The van der Waals surface area contributed by atoms with Crippen molar-refractivity contribution in [2.75, 3.05) is 0 Å². The molecule has 0 amide bonds. The highest BCUT2D eigenvalue weighted by Crippen LogP contribution is 2.29. The van der Waals surface area contributed by atoms with Crippen LogP contribution in [0.25, 0.3) is 0 Å². The van der Waals surface area contributed by atoms with Crippen molar-refractivity contribution in [3.63, 3.8) is 0 Å². The molecule has 1 fully saturated rings. The Balaban J connectivity index is 1.95. The molecule has 1 atom stereocenters. The summed E-state index contributed by atoms with van der Waals surface area (Å²) in [6, 6.07) is 0.323. The lowest BCUT2D eigenvalue weighted by atomic mass is 9.94. The molecule has 1 aromatic heterocycles. The number of nitrogens with zero attached hydrogens (tertiary/aromatic N) is 2. The Hall–Kier alpha value is -0.540. The van der Waals surface area contributed by atoms with Crippen molar-refractivity contribution in [2.45, 2.75) is 57.9 Å². The highest BCUT2D eigenvalue weighted by molar-refractivity contribution is 6.31. The van der Waals surface area contributed by atoms with E-state index in [4.69, 9.17) is 17.3 Å². The van der Waals surface area contributed by atoms with Gasteiger partial charge in [0.05, 0.1) is 16.4 Å². The van der Waals surface area contributed by atoms with E-state index in [1.807, 2.05) is 11.7 Å². The molecule has 1 aliphatic rings. The first kappa shape index (κ1) is 13.9. The summed E-state index contributed by atoms with van der Waals surface area (Å²) in [5.41, 5.74) is 8.44. The Kier molecular flexibility index (Phi) is 4.68. The normalized spacial score (nSPS) is 18.4. The summed E-state index contributed by atoms with van der Waals surface area (Å²) in [6.45, 7) is 2.09. The Labute approximate surface area is 115 Å². The zero-order chi connectivity index (χ0) is 13.1. The standard InChI is InChI=1S/C14H24ClN3/c1-3-12-14(15)13(18(2)17-12)9-8-11(16)10-6-4-5-7-10/h10-11H,3-9,16H2,1-2H3. The van der Waals surface area contributed by atoms with Crippen molar-refractivity contribution in [3.05, 3.63) is 16.4 Å². The van der Waals surface area contributed by atoms with Gasteiger partial charge in [-0.15, -0.1) is 0 Å². The van der Waals surface area contributed by atoms with E-state index in [1.165, 1.54) is 25.7 Å². The van der Waals surface area contributed by atoms with Crippen molar-refractivity contribution in [3.8, 4) is 0 Å². The van der Waals surface area contributed by atoms with Gasteiger partial charge in [0.15, 0.2) is 0 Å². The molecule has 0 aromatic carbocycles. The van der Waals surface area contributed by atoms with Crippen LogP contribution >= 0.6 is 11.6 Å². The minimum atomic E-state index is 0.323. The average molecular weight is 270 g/mol. The third-order valence-corrected chi connectivity index (χ3v) is 4.66. The van der Waals surface area contributed by atoms with Gasteiger partial charge in [0, 0.05) is 13.1 Å². The smallest absolute Gasteiger partial charge is 0.0849 e. The third kappa shape index (κ3) is 2.89. The molecule has 1 heterocycles. The van der Waals surface area contributed by atoms with Crippen LogP contribution in [-0.4, -0.2) is 15.8 Å². The summed E-state index contributed by atoms with van der Waals surface area (Å²) in [6.07, 6.45) is 8.17. The Morgan fingerprint density at radius 1 is 1.44 bits per heavy atom. The maximum absolute atomic E-state index is 6.35. The molecule has 2 N–H and O–H groups in total. The van der Waals surface area contributed by atoms with Gasteiger partial charge in [-0.05, 0) is 38.0 Å². The summed E-state index contributed by atoms with van der Waals surface area (Å²) in [5, 5.41) is 5.29. The molecule has 4 heteroatoms. The van der Waals surface area contributed by atoms with Gasteiger partial charge in [0.2, 0.25) is 0 Å². The van der Waals surface area contributed by atoms with Gasteiger partial charge in [-0.1, -0.05) is 31.4 Å². The van der Waals surface area contributed by atoms with Crippen molar-refractivity contribution < 1.29 is 0 Å². The van der Waals surface area contributed by atoms with Gasteiger partial charge in [0.1, 0.15) is 0 Å². The average Bonchev–Trinajstić information content (AvgIpc) is 2.96. The van der Waals surface area contributed by atoms with Crippen molar-refractivity contribution in [1.82, 2.24) is 9.78 Å². The molecule has 0 spiro atoms. The first-order chi connectivity index (χ1) is 8.63. The minimum absolute atomic E-state index is 0.323. The minimum Gasteiger partial charge on any atom is -0.327 e. The van der Waals surface area contributed by atoms with E-state index < -0.39 is 0 Å². The second-order valence-electron chi connectivity index (χ2n) is 5.43. The maximum Gasteiger partial charge on any atom is 0.0849 e. The fraction of sp³-hybridized carbons (Fsp3) is 0.786. The first-order valence-electron chi connectivity index (χ1n) is 7.09. The predicted molar refractivity (Wildman–Crippen MR) is 75.9 cm³/mol. The molecule has 0 radical (unpaired) electrons. The monoisotopic (exact) mass is 269 g/mol. The summed E-state index contributed by atoms with van der Waals surface area (Å²) in [4.78, 5) is 0. The molecule has 0 bridgehead atoms. The van der Waals surface area contributed by atoms with Crippen molar-refractivity contribution >= 4 is 11.6 Å². The van der Waals surface area contributed by atoms with E-state index in [2.05, 4.69) is 12.0 Å². The van der Waals surface area contributed by atoms with Crippen LogP contribution in [0.3, 0.4) is 0 Å². The molecule has 2 rings (SSSR count). The highest BCUT2D eigenvalue weighted by atomic mass is 35.5. The molecule has 0 saturated heterocycles. The van der Waals surface area contributed by atoms with Gasteiger partial charge in [-0.3, -0.25) is 4.68 Å². The summed E-state index contributed by atoms with van der Waals surface area (Å²) >= 11 is 6.35. The topological polar surface area (TPSA) is 43.8 Å². The van der Waals surface area contributed by atoms with Crippen LogP contribution in [0.4, 0.5) is 0 Å². The molecule has 1 saturated carbocycles. The van der Waals surface area contributed by atoms with E-state index >= 15 is 0 Å². The Morgan fingerprint density at radius 3 is 2.67 bits per heavy atom. The maximum atomic E-state index is 6.35. The molecule has 1 aromatic rings. The molecule has 102 valence electrons. The van der Waals surface area contributed by atoms with Crippen LogP contribution < -0.4 is 5.73 Å². The van der Waals surface area contributed by atoms with Gasteiger partial charge < -0.3 is 5.73 Å². The van der Waals surface area contributed by atoms with E-state index in [1.54, 1.807) is 0 Å². The number of hydrogen-bond acceptors (Lipinski definition) is 2. The number of hydrogen-bond donors (Lipinski definition) is 1. The third-order valence-electron chi connectivity index (χ3n) is 4.22. The zero-order valence-electron chi connectivity index (χ0n) is 11.5. The van der Waals surface area contributed by atoms with Crippen LogP contribution in [0.15, 0.2) is 0 Å². The Morgan fingerprint density at radius 2 is 2.11 bits per heavy atom. The van der Waals surface area contributed by atoms with Crippen LogP contribution in [0.1, 0.15) is 50.4 Å². The Bertz CT molecular complexity index is 394. The van der Waals surface area contributed by atoms with Crippen LogP contribution in [0, 0.1) is 5.92 Å². The fourth-order valence-corrected chi connectivity index (χ4v) is 3.40. The number of rotatable bonds is 5. The van der Waals surface area contributed by atoms with E-state index in [0.717, 1.165) is 41.6 Å².